The molecule has 2 fully saturated rings. The molecule has 47 heavy (non-hydrogen) atoms. The van der Waals surface area contributed by atoms with E-state index in [4.69, 9.17) is 20.7 Å². The highest BCUT2D eigenvalue weighted by molar-refractivity contribution is 6.02. The number of nitrogens with one attached hydrogen (secondary N) is 2. The van der Waals surface area contributed by atoms with Crippen LogP contribution in [0.25, 0.3) is 10.8 Å². The summed E-state index contributed by atoms with van der Waals surface area (Å²) in [4.78, 5) is 64.2. The zero-order chi connectivity index (χ0) is 34.9. The number of carbonyl (C=O) groups is 5. The zero-order valence-corrected chi connectivity index (χ0v) is 25.9. The van der Waals surface area contributed by atoms with E-state index in [1.165, 1.54) is 13.3 Å². The Labute approximate surface area is 268 Å². The third-order valence-corrected chi connectivity index (χ3v) is 8.70. The molecule has 16 heteroatoms. The first-order valence-corrected chi connectivity index (χ1v) is 15.2. The molecule has 0 aliphatic heterocycles. The number of fused-ring (bicyclic) bond motifs is 1. The summed E-state index contributed by atoms with van der Waals surface area (Å²) in [5, 5.41) is 32.9. The van der Waals surface area contributed by atoms with Crippen LogP contribution in [0.4, 0.5) is 19.0 Å². The highest BCUT2D eigenvalue weighted by atomic mass is 19.4. The first kappa shape index (κ1) is 37.2. The van der Waals surface area contributed by atoms with Crippen LogP contribution in [0.2, 0.25) is 0 Å². The van der Waals surface area contributed by atoms with Crippen molar-refractivity contribution in [3.8, 4) is 0 Å². The molecule has 1 aromatic heterocycles. The Morgan fingerprint density at radius 3 is 2.26 bits per heavy atom. The second-order valence-electron chi connectivity index (χ2n) is 12.1. The number of aliphatic carboxylic acids is 3. The SMILES string of the molecule is C[C@H](N)C(=O)NC(=O)C1(N(CC(=O)O)Cc2ccc3c(NCC(=O)O)nccc3c2)CCC(C2CCCCC2)C1.O=C(O)C(F)(F)F. The lowest BCUT2D eigenvalue weighted by Gasteiger charge is -2.40. The first-order valence-electron chi connectivity index (χ1n) is 15.2. The molecular weight excluding hydrogens is 627 g/mol. The molecule has 4 rings (SSSR count). The van der Waals surface area contributed by atoms with Gasteiger partial charge < -0.3 is 26.4 Å². The van der Waals surface area contributed by atoms with E-state index in [9.17, 15) is 37.5 Å². The number of rotatable bonds is 11. The van der Waals surface area contributed by atoms with E-state index in [1.54, 1.807) is 17.2 Å². The van der Waals surface area contributed by atoms with E-state index >= 15 is 0 Å². The summed E-state index contributed by atoms with van der Waals surface area (Å²) in [6.45, 7) is 1.05. The maximum absolute atomic E-state index is 13.8. The highest BCUT2D eigenvalue weighted by Crippen LogP contribution is 2.47. The zero-order valence-electron chi connectivity index (χ0n) is 25.9. The number of carboxylic acids is 3. The number of hydrogen-bond acceptors (Lipinski definition) is 9. The van der Waals surface area contributed by atoms with Crippen molar-refractivity contribution in [2.75, 3.05) is 18.4 Å². The number of carbonyl (C=O) groups excluding carboxylic acids is 2. The summed E-state index contributed by atoms with van der Waals surface area (Å²) < 4.78 is 31.7. The Morgan fingerprint density at radius 1 is 1.02 bits per heavy atom. The molecule has 1 aromatic carbocycles. The van der Waals surface area contributed by atoms with Gasteiger partial charge in [0.2, 0.25) is 11.8 Å². The van der Waals surface area contributed by atoms with Gasteiger partial charge >= 0.3 is 24.1 Å². The molecule has 0 saturated heterocycles. The molecule has 2 aromatic rings. The molecule has 2 saturated carbocycles. The van der Waals surface area contributed by atoms with Crippen molar-refractivity contribution in [1.82, 2.24) is 15.2 Å². The number of halogens is 3. The number of pyridine rings is 1. The molecule has 13 nitrogen and oxygen atoms in total. The van der Waals surface area contributed by atoms with Gasteiger partial charge in [-0.15, -0.1) is 0 Å². The van der Waals surface area contributed by atoms with Gasteiger partial charge in [-0.1, -0.05) is 44.2 Å². The minimum absolute atomic E-state index is 0.180. The van der Waals surface area contributed by atoms with Gasteiger partial charge in [-0.2, -0.15) is 13.2 Å². The Balaban J connectivity index is 0.000000771. The topological polar surface area (TPSA) is 212 Å². The fraction of sp³-hybridized carbons (Fsp3) is 0.548. The molecule has 2 aliphatic rings. The lowest BCUT2D eigenvalue weighted by atomic mass is 9.78. The summed E-state index contributed by atoms with van der Waals surface area (Å²) in [6, 6.07) is 6.46. The Morgan fingerprint density at radius 2 is 1.68 bits per heavy atom. The van der Waals surface area contributed by atoms with E-state index in [0.29, 0.717) is 24.6 Å². The average molecular weight is 668 g/mol. The molecule has 2 amide bonds. The minimum atomic E-state index is -5.08. The average Bonchev–Trinajstić information content (AvgIpc) is 3.46. The third kappa shape index (κ3) is 10.1. The van der Waals surface area contributed by atoms with Crippen LogP contribution < -0.4 is 16.4 Å². The molecule has 258 valence electrons. The third-order valence-electron chi connectivity index (χ3n) is 8.70. The largest absolute Gasteiger partial charge is 0.490 e. The number of hydrogen-bond donors (Lipinski definition) is 6. The maximum Gasteiger partial charge on any atom is 0.490 e. The maximum atomic E-state index is 13.8. The van der Waals surface area contributed by atoms with Gasteiger partial charge in [-0.3, -0.25) is 29.4 Å². The Kier molecular flexibility index (Phi) is 12.6. The lowest BCUT2D eigenvalue weighted by Crippen LogP contribution is -2.60. The number of aromatic nitrogens is 1. The van der Waals surface area contributed by atoms with Crippen molar-refractivity contribution < 1.29 is 52.5 Å². The van der Waals surface area contributed by atoms with Crippen LogP contribution in [0.1, 0.15) is 63.9 Å². The van der Waals surface area contributed by atoms with Crippen molar-refractivity contribution in [1.29, 1.82) is 0 Å². The van der Waals surface area contributed by atoms with Gasteiger partial charge in [-0.25, -0.2) is 9.78 Å². The summed E-state index contributed by atoms with van der Waals surface area (Å²) in [5.74, 6) is -4.69. The molecule has 0 radical (unpaired) electrons. The summed E-state index contributed by atoms with van der Waals surface area (Å²) >= 11 is 0. The molecule has 2 aliphatic carbocycles. The normalized spacial score (nSPS) is 20.6. The smallest absolute Gasteiger partial charge is 0.480 e. The number of amides is 2. The van der Waals surface area contributed by atoms with Gasteiger partial charge in [0, 0.05) is 18.1 Å². The van der Waals surface area contributed by atoms with Crippen LogP contribution in [-0.2, 0) is 30.5 Å². The lowest BCUT2D eigenvalue weighted by molar-refractivity contribution is -0.192. The number of nitrogens with two attached hydrogens (primary N) is 1. The van der Waals surface area contributed by atoms with Gasteiger partial charge in [0.15, 0.2) is 0 Å². The van der Waals surface area contributed by atoms with Gasteiger partial charge in [-0.05, 0) is 61.1 Å². The highest BCUT2D eigenvalue weighted by Gasteiger charge is 2.52. The van der Waals surface area contributed by atoms with Crippen LogP contribution in [0, 0.1) is 11.8 Å². The van der Waals surface area contributed by atoms with Gasteiger partial charge in [0.05, 0.1) is 12.6 Å². The van der Waals surface area contributed by atoms with Crippen LogP contribution in [0.5, 0.6) is 0 Å². The Bertz CT molecular complexity index is 1460. The van der Waals surface area contributed by atoms with Crippen LogP contribution in [0.15, 0.2) is 30.5 Å². The number of anilines is 1. The summed E-state index contributed by atoms with van der Waals surface area (Å²) in [6.07, 6.45) is 4.00. The molecule has 1 heterocycles. The molecule has 2 unspecified atom stereocenters. The van der Waals surface area contributed by atoms with Crippen LogP contribution in [0.3, 0.4) is 0 Å². The van der Waals surface area contributed by atoms with E-state index in [0.717, 1.165) is 48.4 Å². The van der Waals surface area contributed by atoms with Crippen molar-refractivity contribution in [2.24, 2.45) is 17.6 Å². The number of imide groups is 1. The van der Waals surface area contributed by atoms with Crippen LogP contribution in [-0.4, -0.2) is 85.8 Å². The van der Waals surface area contributed by atoms with Crippen molar-refractivity contribution >= 4 is 46.3 Å². The van der Waals surface area contributed by atoms with E-state index in [-0.39, 0.29) is 25.6 Å². The number of benzene rings is 1. The molecule has 7 N–H and O–H groups in total. The van der Waals surface area contributed by atoms with E-state index in [1.807, 2.05) is 18.2 Å². The van der Waals surface area contributed by atoms with Crippen LogP contribution >= 0.6 is 0 Å². The van der Waals surface area contributed by atoms with E-state index < -0.39 is 47.5 Å². The minimum Gasteiger partial charge on any atom is -0.480 e. The number of nitrogens with zero attached hydrogens (tertiary/aromatic N) is 2. The second kappa shape index (κ2) is 16.0. The number of alkyl halides is 3. The molecule has 0 spiro atoms. The first-order chi connectivity index (χ1) is 22.0. The van der Waals surface area contributed by atoms with Crippen molar-refractivity contribution in [2.45, 2.75) is 82.6 Å². The predicted octanol–water partition coefficient (Wildman–Crippen LogP) is 3.36. The quantitative estimate of drug-likeness (QED) is 0.204. The predicted molar refractivity (Wildman–Crippen MR) is 163 cm³/mol. The summed E-state index contributed by atoms with van der Waals surface area (Å²) in [5.41, 5.74) is 5.37. The van der Waals surface area contributed by atoms with E-state index in [2.05, 4.69) is 15.6 Å². The Hall–Kier alpha value is -4.31. The molecular formula is C31H40F3N5O8. The van der Waals surface area contributed by atoms with Crippen molar-refractivity contribution in [3.63, 3.8) is 0 Å². The van der Waals surface area contributed by atoms with Gasteiger partial charge in [0.25, 0.3) is 0 Å². The second-order valence-corrected chi connectivity index (χ2v) is 12.1. The monoisotopic (exact) mass is 667 g/mol. The fourth-order valence-corrected chi connectivity index (χ4v) is 6.42. The molecule has 3 atom stereocenters. The van der Waals surface area contributed by atoms with Crippen molar-refractivity contribution in [3.05, 3.63) is 36.0 Å². The van der Waals surface area contributed by atoms with Gasteiger partial charge in [0.1, 0.15) is 17.9 Å². The molecule has 0 bridgehead atoms. The number of carboxylic acid groups (broad SMARTS) is 3. The standard InChI is InChI=1S/C29H39N5O6.C2HF3O2/c1-18(30)27(39)33-28(40)29(11-9-22(14-29)20-5-3-2-4-6-20)34(17-25(37)38)16-19-7-8-23-21(13-19)10-12-31-26(23)32-15-24(35)36;3-2(4,5)1(6)7/h7-8,10,12-13,18,20,22H,2-6,9,11,14-17,30H2,1H3,(H,31,32)(H,35,36)(H,37,38)(H,33,39,40);(H,6,7)/t18-,22?,29?;/m0./s1. The summed E-state index contributed by atoms with van der Waals surface area (Å²) in [7, 11) is 0. The fourth-order valence-electron chi connectivity index (χ4n) is 6.42.